The van der Waals surface area contributed by atoms with Crippen LogP contribution >= 0.6 is 0 Å². The van der Waals surface area contributed by atoms with E-state index in [9.17, 15) is 24.8 Å². The lowest BCUT2D eigenvalue weighted by atomic mass is 10.1. The average molecular weight is 445 g/mol. The van der Waals surface area contributed by atoms with Crippen LogP contribution in [0.1, 0.15) is 5.56 Å². The lowest BCUT2D eigenvalue weighted by Crippen LogP contribution is -2.52. The minimum Gasteiger partial charge on any atom is -0.449 e. The molecule has 0 saturated carbocycles. The Morgan fingerprint density at radius 1 is 1.44 bits per heavy atom. The molecule has 0 bridgehead atoms. The summed E-state index contributed by atoms with van der Waals surface area (Å²) < 4.78 is 5.31. The van der Waals surface area contributed by atoms with Crippen LogP contribution in [0.3, 0.4) is 0 Å². The van der Waals surface area contributed by atoms with Crippen molar-refractivity contribution in [2.45, 2.75) is 12.5 Å². The first kappa shape index (κ1) is 22.7. The van der Waals surface area contributed by atoms with Crippen molar-refractivity contribution in [3.05, 3.63) is 50.3 Å². The summed E-state index contributed by atoms with van der Waals surface area (Å²) in [4.78, 5) is 49.2. The van der Waals surface area contributed by atoms with Crippen molar-refractivity contribution in [2.24, 2.45) is 4.99 Å². The third-order valence-corrected chi connectivity index (χ3v) is 4.58. The van der Waals surface area contributed by atoms with E-state index in [1.807, 2.05) is 0 Å². The molecule has 1 amide bonds. The number of fused-ring (bicyclic) bond motifs is 1. The zero-order valence-corrected chi connectivity index (χ0v) is 17.5. The van der Waals surface area contributed by atoms with Gasteiger partial charge in [-0.15, -0.1) is 0 Å². The molecule has 1 aliphatic rings. The van der Waals surface area contributed by atoms with Gasteiger partial charge in [0.1, 0.15) is 0 Å². The zero-order valence-electron chi connectivity index (χ0n) is 17.5. The molecule has 1 unspecified atom stereocenters. The normalized spacial score (nSPS) is 15.2. The number of hydrogen-bond donors (Lipinski definition) is 3. The van der Waals surface area contributed by atoms with E-state index in [-0.39, 0.29) is 36.3 Å². The maximum atomic E-state index is 12.8. The number of aliphatic hydroxyl groups excluding tert-OH is 1. The number of ether oxygens (including phenoxy) is 1. The number of aliphatic hydroxyl groups is 1. The second kappa shape index (κ2) is 9.87. The monoisotopic (exact) mass is 445 g/mol. The fourth-order valence-electron chi connectivity index (χ4n) is 3.02. The van der Waals surface area contributed by atoms with Gasteiger partial charge in [0.15, 0.2) is 11.5 Å². The minimum atomic E-state index is -0.814. The number of benzene rings is 1. The number of aromatic nitrogens is 2. The number of carbonyl (C=O) groups is 1. The topological polar surface area (TPSA) is 166 Å². The van der Waals surface area contributed by atoms with Crippen molar-refractivity contribution < 1.29 is 19.6 Å². The summed E-state index contributed by atoms with van der Waals surface area (Å²) in [6.45, 7) is -0.261. The molecule has 0 saturated heterocycles. The molecule has 1 aromatic heterocycles. The number of nitro benzene ring substituents is 1. The second-order valence-electron chi connectivity index (χ2n) is 7.17. The molecule has 13 nitrogen and oxygen atoms in total. The molecule has 2 aromatic rings. The van der Waals surface area contributed by atoms with Crippen molar-refractivity contribution >= 4 is 35.6 Å². The highest BCUT2D eigenvalue weighted by molar-refractivity contribution is 5.93. The number of rotatable bonds is 7. The molecular formula is C19H23N7O6. The van der Waals surface area contributed by atoms with Crippen molar-refractivity contribution in [1.29, 1.82) is 0 Å². The van der Waals surface area contributed by atoms with Crippen LogP contribution in [0.4, 0.5) is 27.9 Å². The van der Waals surface area contributed by atoms with Crippen LogP contribution < -0.4 is 15.8 Å². The molecule has 0 fully saturated rings. The lowest BCUT2D eigenvalue weighted by Gasteiger charge is -2.34. The fraction of sp³-hybridized carbons (Fsp3) is 0.368. The van der Waals surface area contributed by atoms with E-state index in [2.05, 4.69) is 20.3 Å². The van der Waals surface area contributed by atoms with Crippen LogP contribution in [-0.4, -0.2) is 77.2 Å². The third-order valence-electron chi connectivity index (χ3n) is 4.58. The highest BCUT2D eigenvalue weighted by Crippen LogP contribution is 2.28. The molecule has 1 atom stereocenters. The quantitative estimate of drug-likeness (QED) is 0.242. The van der Waals surface area contributed by atoms with Gasteiger partial charge >= 0.3 is 6.09 Å². The average Bonchev–Trinajstić information content (AvgIpc) is 2.77. The fourth-order valence-corrected chi connectivity index (χ4v) is 3.02. The van der Waals surface area contributed by atoms with Gasteiger partial charge in [-0.1, -0.05) is 12.1 Å². The van der Waals surface area contributed by atoms with Gasteiger partial charge in [-0.3, -0.25) is 24.8 Å². The zero-order chi connectivity index (χ0) is 23.3. The molecular weight excluding hydrogens is 422 g/mol. The number of hydrogen-bond acceptors (Lipinski definition) is 9. The Morgan fingerprint density at radius 3 is 2.78 bits per heavy atom. The minimum absolute atomic E-state index is 0.0232. The van der Waals surface area contributed by atoms with Crippen molar-refractivity contribution in [1.82, 2.24) is 14.9 Å². The van der Waals surface area contributed by atoms with Crippen LogP contribution in [-0.2, 0) is 11.2 Å². The first-order valence-corrected chi connectivity index (χ1v) is 9.69. The number of aliphatic imine (C=N–C) groups is 1. The van der Waals surface area contributed by atoms with Gasteiger partial charge < -0.3 is 20.1 Å². The highest BCUT2D eigenvalue weighted by atomic mass is 16.6. The summed E-state index contributed by atoms with van der Waals surface area (Å²) in [5, 5.41) is 23.4. The molecule has 1 aromatic carbocycles. The third kappa shape index (κ3) is 5.18. The Morgan fingerprint density at radius 2 is 2.16 bits per heavy atom. The predicted octanol–water partition coefficient (Wildman–Crippen LogP) is 0.872. The number of nitrogens with zero attached hydrogens (tertiary/aromatic N) is 5. The second-order valence-corrected chi connectivity index (χ2v) is 7.17. The summed E-state index contributed by atoms with van der Waals surface area (Å²) in [5.41, 5.74) is 0.0269. The SMILES string of the molecule is CN(C)/C=N/c1nc2c(c(=O)[nH]1)N(C(=O)OCCc1ccc([N+](=O)[O-])cc1)C(CO)CN2. The number of nitro groups is 1. The molecule has 3 N–H and O–H groups in total. The maximum Gasteiger partial charge on any atom is 0.414 e. The van der Waals surface area contributed by atoms with E-state index in [4.69, 9.17) is 4.74 Å². The summed E-state index contributed by atoms with van der Waals surface area (Å²) in [5.74, 6) is 0.209. The number of H-pyrrole nitrogens is 1. The van der Waals surface area contributed by atoms with Crippen molar-refractivity contribution in [3.8, 4) is 0 Å². The molecule has 13 heteroatoms. The first-order chi connectivity index (χ1) is 15.3. The number of non-ortho nitro benzene ring substituents is 1. The Kier molecular flexibility index (Phi) is 7.00. The maximum absolute atomic E-state index is 12.8. The molecule has 2 heterocycles. The Hall–Kier alpha value is -4.00. The van der Waals surface area contributed by atoms with Crippen LogP contribution in [0.5, 0.6) is 0 Å². The number of aromatic amines is 1. The van der Waals surface area contributed by atoms with Gasteiger partial charge in [0, 0.05) is 39.2 Å². The van der Waals surface area contributed by atoms with Crippen LogP contribution in [0.15, 0.2) is 34.1 Å². The predicted molar refractivity (Wildman–Crippen MR) is 117 cm³/mol. The largest absolute Gasteiger partial charge is 0.449 e. The van der Waals surface area contributed by atoms with E-state index < -0.39 is 29.2 Å². The molecule has 0 radical (unpaired) electrons. The smallest absolute Gasteiger partial charge is 0.414 e. The van der Waals surface area contributed by atoms with Crippen LogP contribution in [0.2, 0.25) is 0 Å². The summed E-state index contributed by atoms with van der Waals surface area (Å²) >= 11 is 0. The number of anilines is 2. The molecule has 1 aliphatic heterocycles. The summed E-state index contributed by atoms with van der Waals surface area (Å²) in [7, 11) is 3.52. The number of nitrogens with one attached hydrogen (secondary N) is 2. The molecule has 32 heavy (non-hydrogen) atoms. The summed E-state index contributed by atoms with van der Waals surface area (Å²) in [6, 6.07) is 5.16. The highest BCUT2D eigenvalue weighted by Gasteiger charge is 2.35. The van der Waals surface area contributed by atoms with E-state index in [1.54, 1.807) is 31.1 Å². The van der Waals surface area contributed by atoms with Gasteiger partial charge in [-0.05, 0) is 5.56 Å². The molecule has 0 aliphatic carbocycles. The molecule has 3 rings (SSSR count). The molecule has 170 valence electrons. The van der Waals surface area contributed by atoms with Crippen molar-refractivity contribution in [2.75, 3.05) is 44.1 Å². The van der Waals surface area contributed by atoms with E-state index in [0.717, 1.165) is 10.5 Å². The van der Waals surface area contributed by atoms with Gasteiger partial charge in [-0.2, -0.15) is 4.98 Å². The van der Waals surface area contributed by atoms with Gasteiger partial charge in [0.05, 0.1) is 30.5 Å². The van der Waals surface area contributed by atoms with E-state index in [0.29, 0.717) is 6.42 Å². The van der Waals surface area contributed by atoms with Gasteiger partial charge in [0.2, 0.25) is 5.95 Å². The molecule has 0 spiro atoms. The van der Waals surface area contributed by atoms with E-state index in [1.165, 1.54) is 18.5 Å². The van der Waals surface area contributed by atoms with Gasteiger partial charge in [-0.25, -0.2) is 9.79 Å². The standard InChI is InChI=1S/C19H23N7O6/c1-24(2)11-21-18-22-16-15(17(28)23-18)25(14(10-27)9-20-16)19(29)32-8-7-12-3-5-13(6-4-12)26(30)31/h3-6,11,14,27H,7-10H2,1-2H3,(H2,20,22,23,28)/b21-11+. The van der Waals surface area contributed by atoms with Crippen LogP contribution in [0, 0.1) is 10.1 Å². The Labute approximate surface area is 182 Å². The Bertz CT molecular complexity index is 1070. The van der Waals surface area contributed by atoms with Crippen molar-refractivity contribution in [3.63, 3.8) is 0 Å². The van der Waals surface area contributed by atoms with E-state index >= 15 is 0 Å². The van der Waals surface area contributed by atoms with Gasteiger partial charge in [0.25, 0.3) is 11.2 Å². The first-order valence-electron chi connectivity index (χ1n) is 9.69. The number of amides is 1. The Balaban J connectivity index is 1.75. The summed E-state index contributed by atoms with van der Waals surface area (Å²) in [6.07, 6.45) is 0.971. The number of carbonyl (C=O) groups excluding carboxylic acids is 1. The van der Waals surface area contributed by atoms with Crippen LogP contribution in [0.25, 0.3) is 0 Å². The lowest BCUT2D eigenvalue weighted by molar-refractivity contribution is -0.384.